The zero-order valence-corrected chi connectivity index (χ0v) is 13.9. The van der Waals surface area contributed by atoms with Gasteiger partial charge < -0.3 is 0 Å². The monoisotopic (exact) mass is 378 g/mol. The minimum atomic E-state index is -1.54. The van der Waals surface area contributed by atoms with Crippen molar-refractivity contribution in [3.05, 3.63) is 59.4 Å². The third-order valence-corrected chi connectivity index (χ3v) is 3.71. The molecular weight excluding hydrogens is 364 g/mol. The van der Waals surface area contributed by atoms with E-state index < -0.39 is 29.3 Å². The predicted octanol–water partition coefficient (Wildman–Crippen LogP) is 3.90. The predicted molar refractivity (Wildman–Crippen MR) is 89.4 cm³/mol. The van der Waals surface area contributed by atoms with Crippen LogP contribution in [0.4, 0.5) is 13.2 Å². The fraction of sp³-hybridized carbons (Fsp3) is 0.188. The van der Waals surface area contributed by atoms with E-state index in [1.165, 1.54) is 0 Å². The minimum Gasteiger partial charge on any atom is -0.294 e. The van der Waals surface area contributed by atoms with Gasteiger partial charge in [-0.15, -0.1) is 24.0 Å². The maximum atomic E-state index is 13.5. The molecule has 1 amide bonds. The van der Waals surface area contributed by atoms with Gasteiger partial charge in [-0.05, 0) is 35.2 Å². The number of hydrogen-bond donors (Lipinski definition) is 2. The normalized spacial score (nSPS) is 11.5. The molecule has 3 nitrogen and oxygen atoms in total. The second-order valence-corrected chi connectivity index (χ2v) is 5.26. The molecule has 0 aromatic heterocycles. The summed E-state index contributed by atoms with van der Waals surface area (Å²) in [6, 6.07) is 8.33. The largest absolute Gasteiger partial charge is 0.294 e. The number of rotatable bonds is 5. The number of benzene rings is 2. The van der Waals surface area contributed by atoms with Gasteiger partial charge in [0.25, 0.3) is 0 Å². The average molecular weight is 379 g/mol. The van der Waals surface area contributed by atoms with Crippen molar-refractivity contribution in [2.75, 3.05) is 5.88 Å². The molecule has 2 rings (SSSR count). The van der Waals surface area contributed by atoms with Crippen LogP contribution in [0.5, 0.6) is 0 Å². The van der Waals surface area contributed by atoms with Crippen LogP contribution in [0.2, 0.25) is 0 Å². The average Bonchev–Trinajstić information content (AvgIpc) is 2.56. The summed E-state index contributed by atoms with van der Waals surface area (Å²) in [6.45, 7) is 0. The van der Waals surface area contributed by atoms with Crippen LogP contribution < -0.4 is 11.3 Å². The maximum Gasteiger partial charge on any atom is 0.241 e. The number of halogens is 5. The fourth-order valence-electron chi connectivity index (χ4n) is 2.41. The lowest BCUT2D eigenvalue weighted by atomic mass is 9.88. The molecule has 8 heteroatoms. The molecule has 0 aliphatic heterocycles. The number of alkyl halides is 1. The first-order valence-corrected chi connectivity index (χ1v) is 7.33. The van der Waals surface area contributed by atoms with Gasteiger partial charge in [0.2, 0.25) is 5.91 Å². The van der Waals surface area contributed by atoms with Crippen molar-refractivity contribution in [3.63, 3.8) is 0 Å². The second-order valence-electron chi connectivity index (χ2n) is 4.88. The van der Waals surface area contributed by atoms with Crippen LogP contribution in [0.3, 0.4) is 0 Å². The van der Waals surface area contributed by atoms with E-state index in [4.69, 9.17) is 17.4 Å². The number of hydrogen-bond acceptors (Lipinski definition) is 2. The van der Waals surface area contributed by atoms with E-state index in [1.54, 1.807) is 24.3 Å². The Balaban J connectivity index is 0.00000288. The number of nitrogens with one attached hydrogen (secondary N) is 1. The van der Waals surface area contributed by atoms with E-state index in [1.807, 2.05) is 0 Å². The maximum absolute atomic E-state index is 13.5. The Bertz CT molecular complexity index is 705. The van der Waals surface area contributed by atoms with Gasteiger partial charge in [0.05, 0.1) is 5.92 Å². The second kappa shape index (κ2) is 8.92. The van der Waals surface area contributed by atoms with E-state index >= 15 is 0 Å². The molecule has 0 saturated carbocycles. The lowest BCUT2D eigenvalue weighted by Gasteiger charge is -2.18. The summed E-state index contributed by atoms with van der Waals surface area (Å²) in [5, 5.41) is 0. The summed E-state index contributed by atoms with van der Waals surface area (Å²) in [7, 11) is 0. The molecule has 0 spiro atoms. The Morgan fingerprint density at radius 1 is 1.17 bits per heavy atom. The first-order valence-electron chi connectivity index (χ1n) is 6.79. The molecule has 130 valence electrons. The van der Waals surface area contributed by atoms with Gasteiger partial charge >= 0.3 is 0 Å². The Morgan fingerprint density at radius 2 is 1.75 bits per heavy atom. The highest BCUT2D eigenvalue weighted by molar-refractivity contribution is 6.18. The van der Waals surface area contributed by atoms with Crippen LogP contribution in [0.25, 0.3) is 11.1 Å². The van der Waals surface area contributed by atoms with Gasteiger partial charge in [-0.1, -0.05) is 24.3 Å². The Morgan fingerprint density at radius 3 is 2.29 bits per heavy atom. The highest BCUT2D eigenvalue weighted by atomic mass is 35.5. The number of hydrazine groups is 1. The Hall–Kier alpha value is -1.76. The first-order chi connectivity index (χ1) is 11.0. The molecule has 0 radical (unpaired) electrons. The number of carbonyl (C=O) groups excluding carboxylic acids is 1. The summed E-state index contributed by atoms with van der Waals surface area (Å²) < 4.78 is 40.1. The summed E-state index contributed by atoms with van der Waals surface area (Å²) in [4.78, 5) is 12.0. The van der Waals surface area contributed by atoms with Crippen LogP contribution in [0.1, 0.15) is 17.9 Å². The van der Waals surface area contributed by atoms with Crippen molar-refractivity contribution in [1.82, 2.24) is 5.43 Å². The highest BCUT2D eigenvalue weighted by Crippen LogP contribution is 2.33. The lowest BCUT2D eigenvalue weighted by molar-refractivity contribution is -0.122. The molecule has 0 aliphatic rings. The third kappa shape index (κ3) is 4.20. The molecule has 3 N–H and O–H groups in total. The quantitative estimate of drug-likeness (QED) is 0.272. The molecule has 0 aliphatic carbocycles. The molecule has 1 unspecified atom stereocenters. The van der Waals surface area contributed by atoms with E-state index in [0.29, 0.717) is 11.1 Å². The summed E-state index contributed by atoms with van der Waals surface area (Å²) in [5.41, 5.74) is 3.09. The van der Waals surface area contributed by atoms with E-state index in [-0.39, 0.29) is 30.3 Å². The first kappa shape index (κ1) is 20.3. The van der Waals surface area contributed by atoms with E-state index in [9.17, 15) is 18.0 Å². The molecular formula is C16H15Cl2F3N2O. The van der Waals surface area contributed by atoms with Crippen molar-refractivity contribution in [3.8, 4) is 11.1 Å². The Kier molecular flexibility index (Phi) is 7.54. The van der Waals surface area contributed by atoms with Crippen molar-refractivity contribution in [1.29, 1.82) is 0 Å². The SMILES string of the molecule is Cl.NNC(=O)C(CCCl)c1ccccc1-c1cc(F)c(F)c(F)c1. The highest BCUT2D eigenvalue weighted by Gasteiger charge is 2.23. The van der Waals surface area contributed by atoms with Crippen molar-refractivity contribution < 1.29 is 18.0 Å². The van der Waals surface area contributed by atoms with E-state index in [2.05, 4.69) is 5.43 Å². The molecule has 2 aromatic rings. The van der Waals surface area contributed by atoms with Gasteiger partial charge in [0.1, 0.15) is 0 Å². The van der Waals surface area contributed by atoms with Crippen molar-refractivity contribution in [2.24, 2.45) is 5.84 Å². The van der Waals surface area contributed by atoms with Crippen LogP contribution in [-0.4, -0.2) is 11.8 Å². The molecule has 2 aromatic carbocycles. The van der Waals surface area contributed by atoms with Gasteiger partial charge in [0, 0.05) is 5.88 Å². The van der Waals surface area contributed by atoms with Crippen LogP contribution in [0, 0.1) is 17.5 Å². The lowest BCUT2D eigenvalue weighted by Crippen LogP contribution is -2.35. The van der Waals surface area contributed by atoms with Crippen molar-refractivity contribution in [2.45, 2.75) is 12.3 Å². The standard InChI is InChI=1S/C16H14ClF3N2O.ClH/c17-6-5-12(16(23)22-21)11-4-2-1-3-10(11)9-7-13(18)15(20)14(19)8-9;/h1-4,7-8,12H,5-6,21H2,(H,22,23);1H. The molecule has 0 bridgehead atoms. The summed E-state index contributed by atoms with van der Waals surface area (Å²) in [6.07, 6.45) is 0.285. The number of nitrogens with two attached hydrogens (primary N) is 1. The van der Waals surface area contributed by atoms with Crippen LogP contribution >= 0.6 is 24.0 Å². The van der Waals surface area contributed by atoms with Gasteiger partial charge in [-0.3, -0.25) is 10.2 Å². The number of carbonyl (C=O) groups is 1. The Labute approximate surface area is 148 Å². The molecule has 0 saturated heterocycles. The minimum absolute atomic E-state index is 0. The van der Waals surface area contributed by atoms with Gasteiger partial charge in [-0.2, -0.15) is 0 Å². The zero-order chi connectivity index (χ0) is 17.0. The zero-order valence-electron chi connectivity index (χ0n) is 12.4. The van der Waals surface area contributed by atoms with Gasteiger partial charge in [-0.25, -0.2) is 19.0 Å². The van der Waals surface area contributed by atoms with Crippen LogP contribution in [0.15, 0.2) is 36.4 Å². The van der Waals surface area contributed by atoms with Gasteiger partial charge in [0.15, 0.2) is 17.5 Å². The van der Waals surface area contributed by atoms with Crippen molar-refractivity contribution >= 4 is 29.9 Å². The number of amides is 1. The van der Waals surface area contributed by atoms with Crippen LogP contribution in [-0.2, 0) is 4.79 Å². The topological polar surface area (TPSA) is 55.1 Å². The van der Waals surface area contributed by atoms with E-state index in [0.717, 1.165) is 12.1 Å². The summed E-state index contributed by atoms with van der Waals surface area (Å²) in [5.74, 6) is 0.0803. The molecule has 1 atom stereocenters. The molecule has 0 heterocycles. The molecule has 0 fully saturated rings. The summed E-state index contributed by atoms with van der Waals surface area (Å²) >= 11 is 5.73. The molecule has 24 heavy (non-hydrogen) atoms. The smallest absolute Gasteiger partial charge is 0.241 e. The third-order valence-electron chi connectivity index (χ3n) is 3.49. The fourth-order valence-corrected chi connectivity index (χ4v) is 2.63.